The highest BCUT2D eigenvalue weighted by Gasteiger charge is 2.65. The summed E-state index contributed by atoms with van der Waals surface area (Å²) < 4.78 is 4.87. The Balaban J connectivity index is 1.60. The highest BCUT2D eigenvalue weighted by atomic mass is 16.5. The molecule has 0 heterocycles. The number of ether oxygens (including phenoxy) is 1. The largest absolute Gasteiger partial charge is 0.469 e. The normalized spacial score (nSPS) is 45.5. The first-order chi connectivity index (χ1) is 14.7. The molecule has 0 aromatic heterocycles. The molecule has 4 aliphatic rings. The molecule has 0 saturated heterocycles. The first-order valence-electron chi connectivity index (χ1n) is 12.8. The Hall–Kier alpha value is -1.19. The van der Waals surface area contributed by atoms with E-state index in [4.69, 9.17) is 4.74 Å². The summed E-state index contributed by atoms with van der Waals surface area (Å²) in [4.78, 5) is 38.0. The van der Waals surface area contributed by atoms with Crippen LogP contribution in [0.5, 0.6) is 0 Å². The Kier molecular flexibility index (Phi) is 6.15. The zero-order valence-corrected chi connectivity index (χ0v) is 20.2. The second-order valence-corrected chi connectivity index (χ2v) is 11.8. The minimum Gasteiger partial charge on any atom is -0.469 e. The molecule has 0 spiro atoms. The number of methoxy groups -OCH3 is 1. The van der Waals surface area contributed by atoms with Crippen molar-refractivity contribution in [3.8, 4) is 0 Å². The summed E-state index contributed by atoms with van der Waals surface area (Å²) in [6.45, 7) is 9.32. The smallest absolute Gasteiger partial charge is 0.305 e. The quantitative estimate of drug-likeness (QED) is 0.531. The predicted molar refractivity (Wildman–Crippen MR) is 120 cm³/mol. The van der Waals surface area contributed by atoms with Gasteiger partial charge in [0.15, 0.2) is 0 Å². The summed E-state index contributed by atoms with van der Waals surface area (Å²) in [5, 5.41) is 0. The SMILES string of the molecule is CC[C@H]1C(=O)[C@@H]2[C@H](CC[C@]3(C)[C@@H]([C@H](C)CCC(=O)OC)CC[C@@H]23)[C@@]2(C)CCC(=O)C[C@@H]12. The Morgan fingerprint density at radius 1 is 1.06 bits per heavy atom. The predicted octanol–water partition coefficient (Wildman–Crippen LogP) is 5.62. The fourth-order valence-electron chi connectivity index (χ4n) is 9.07. The maximum absolute atomic E-state index is 13.9. The van der Waals surface area contributed by atoms with E-state index in [2.05, 4.69) is 27.7 Å². The van der Waals surface area contributed by atoms with Gasteiger partial charge in [-0.1, -0.05) is 27.7 Å². The van der Waals surface area contributed by atoms with Gasteiger partial charge in [-0.3, -0.25) is 14.4 Å². The molecular formula is C27H42O4. The number of carbonyl (C=O) groups is 3. The van der Waals surface area contributed by atoms with E-state index < -0.39 is 0 Å². The third-order valence-electron chi connectivity index (χ3n) is 10.8. The molecule has 0 bridgehead atoms. The van der Waals surface area contributed by atoms with Crippen LogP contribution in [0.15, 0.2) is 0 Å². The standard InChI is InChI=1S/C27H42O4/c1-6-18-22-15-17(28)11-13-27(22,4)21-12-14-26(3)19(16(2)7-10-23(29)31-5)8-9-20(26)24(21)25(18)30/h16,18-22,24H,6-15H2,1-5H3/t16-,18-,19-,20+,21+,22+,24+,26-,27-/m1/s1. The first-order valence-corrected chi connectivity index (χ1v) is 12.8. The molecule has 4 saturated carbocycles. The molecule has 31 heavy (non-hydrogen) atoms. The molecule has 0 aromatic rings. The van der Waals surface area contributed by atoms with Crippen molar-refractivity contribution < 1.29 is 19.1 Å². The second kappa shape index (κ2) is 8.30. The molecule has 4 fully saturated rings. The molecule has 4 nitrogen and oxygen atoms in total. The molecule has 174 valence electrons. The van der Waals surface area contributed by atoms with Gasteiger partial charge >= 0.3 is 5.97 Å². The molecule has 0 unspecified atom stereocenters. The lowest BCUT2D eigenvalue weighted by Gasteiger charge is -2.61. The van der Waals surface area contributed by atoms with Crippen molar-refractivity contribution in [1.82, 2.24) is 0 Å². The van der Waals surface area contributed by atoms with Crippen molar-refractivity contribution in [2.45, 2.75) is 91.9 Å². The van der Waals surface area contributed by atoms with Crippen LogP contribution in [0, 0.1) is 52.3 Å². The summed E-state index contributed by atoms with van der Waals surface area (Å²) >= 11 is 0. The Morgan fingerprint density at radius 2 is 1.77 bits per heavy atom. The van der Waals surface area contributed by atoms with Crippen LogP contribution >= 0.6 is 0 Å². The molecule has 0 aromatic carbocycles. The van der Waals surface area contributed by atoms with E-state index in [9.17, 15) is 14.4 Å². The molecule has 4 rings (SSSR count). The lowest BCUT2D eigenvalue weighted by Crippen LogP contribution is -2.60. The lowest BCUT2D eigenvalue weighted by atomic mass is 9.42. The van der Waals surface area contributed by atoms with Gasteiger partial charge in [0.1, 0.15) is 11.6 Å². The van der Waals surface area contributed by atoms with Crippen molar-refractivity contribution in [2.75, 3.05) is 7.11 Å². The fourth-order valence-corrected chi connectivity index (χ4v) is 9.07. The summed E-state index contributed by atoms with van der Waals surface area (Å²) in [6, 6.07) is 0. The topological polar surface area (TPSA) is 60.4 Å². The summed E-state index contributed by atoms with van der Waals surface area (Å²) in [5.41, 5.74) is 0.335. The highest BCUT2D eigenvalue weighted by Crippen LogP contribution is 2.68. The third kappa shape index (κ3) is 3.51. The van der Waals surface area contributed by atoms with Crippen LogP contribution in [0.25, 0.3) is 0 Å². The monoisotopic (exact) mass is 430 g/mol. The van der Waals surface area contributed by atoms with Crippen molar-refractivity contribution in [1.29, 1.82) is 0 Å². The average molecular weight is 431 g/mol. The first kappa shape index (κ1) is 23.0. The van der Waals surface area contributed by atoms with Crippen molar-refractivity contribution in [2.24, 2.45) is 52.3 Å². The minimum absolute atomic E-state index is 0.0636. The summed E-state index contributed by atoms with van der Waals surface area (Å²) in [5.74, 6) is 3.21. The minimum atomic E-state index is -0.116. The third-order valence-corrected chi connectivity index (χ3v) is 10.8. The van der Waals surface area contributed by atoms with E-state index in [1.54, 1.807) is 0 Å². The van der Waals surface area contributed by atoms with E-state index in [1.807, 2.05) is 0 Å². The van der Waals surface area contributed by atoms with Crippen LogP contribution in [-0.2, 0) is 19.1 Å². The number of hydrogen-bond donors (Lipinski definition) is 0. The summed E-state index contributed by atoms with van der Waals surface area (Å²) in [7, 11) is 1.46. The molecule has 0 N–H and O–H groups in total. The number of fused-ring (bicyclic) bond motifs is 5. The average Bonchev–Trinajstić information content (AvgIpc) is 3.10. The van der Waals surface area contributed by atoms with Gasteiger partial charge in [-0.2, -0.15) is 0 Å². The van der Waals surface area contributed by atoms with Crippen LogP contribution in [0.4, 0.5) is 0 Å². The molecule has 4 heteroatoms. The molecular weight excluding hydrogens is 388 g/mol. The zero-order chi connectivity index (χ0) is 22.6. The van der Waals surface area contributed by atoms with E-state index in [1.165, 1.54) is 20.0 Å². The Bertz CT molecular complexity index is 744. The van der Waals surface area contributed by atoms with Crippen LogP contribution in [0.3, 0.4) is 0 Å². The number of Topliss-reactive ketones (excluding diaryl/α,β-unsaturated/α-hetero) is 2. The van der Waals surface area contributed by atoms with Gasteiger partial charge in [-0.15, -0.1) is 0 Å². The molecule has 9 atom stereocenters. The maximum atomic E-state index is 13.9. The van der Waals surface area contributed by atoms with Gasteiger partial charge in [-0.05, 0) is 85.4 Å². The summed E-state index contributed by atoms with van der Waals surface area (Å²) in [6.07, 6.45) is 9.18. The highest BCUT2D eigenvalue weighted by molar-refractivity contribution is 5.88. The Labute approximate surface area is 188 Å². The van der Waals surface area contributed by atoms with E-state index in [0.29, 0.717) is 54.5 Å². The number of rotatable bonds is 5. The molecule has 0 aliphatic heterocycles. The van der Waals surface area contributed by atoms with E-state index >= 15 is 0 Å². The molecule has 4 aliphatic carbocycles. The van der Waals surface area contributed by atoms with Crippen molar-refractivity contribution in [3.05, 3.63) is 0 Å². The molecule has 0 radical (unpaired) electrons. The maximum Gasteiger partial charge on any atom is 0.305 e. The van der Waals surface area contributed by atoms with E-state index in [-0.39, 0.29) is 34.6 Å². The fraction of sp³-hybridized carbons (Fsp3) is 0.889. The Morgan fingerprint density at radius 3 is 2.45 bits per heavy atom. The van der Waals surface area contributed by atoms with Gasteiger partial charge < -0.3 is 4.74 Å². The zero-order valence-electron chi connectivity index (χ0n) is 20.2. The van der Waals surface area contributed by atoms with Crippen LogP contribution in [0.2, 0.25) is 0 Å². The van der Waals surface area contributed by atoms with Crippen LogP contribution in [0.1, 0.15) is 91.9 Å². The van der Waals surface area contributed by atoms with Crippen LogP contribution in [-0.4, -0.2) is 24.6 Å². The number of carbonyl (C=O) groups excluding carboxylic acids is 3. The van der Waals surface area contributed by atoms with Gasteiger partial charge in [0, 0.05) is 31.1 Å². The molecule has 0 amide bonds. The number of ketones is 2. The van der Waals surface area contributed by atoms with Gasteiger partial charge in [0.25, 0.3) is 0 Å². The number of hydrogen-bond acceptors (Lipinski definition) is 4. The van der Waals surface area contributed by atoms with Gasteiger partial charge in [-0.25, -0.2) is 0 Å². The van der Waals surface area contributed by atoms with Crippen molar-refractivity contribution in [3.63, 3.8) is 0 Å². The van der Waals surface area contributed by atoms with Gasteiger partial charge in [0.05, 0.1) is 7.11 Å². The second-order valence-electron chi connectivity index (χ2n) is 11.8. The number of esters is 1. The van der Waals surface area contributed by atoms with E-state index in [0.717, 1.165) is 32.1 Å². The van der Waals surface area contributed by atoms with Crippen LogP contribution < -0.4 is 0 Å². The van der Waals surface area contributed by atoms with Crippen molar-refractivity contribution >= 4 is 17.5 Å². The van der Waals surface area contributed by atoms with Gasteiger partial charge in [0.2, 0.25) is 0 Å². The lowest BCUT2D eigenvalue weighted by molar-refractivity contribution is -0.169.